The topological polar surface area (TPSA) is 59.3 Å². The van der Waals surface area contributed by atoms with Gasteiger partial charge in [-0.15, -0.1) is 0 Å². The second-order valence-electron chi connectivity index (χ2n) is 6.04. The lowest BCUT2D eigenvalue weighted by atomic mass is 10.1. The summed E-state index contributed by atoms with van der Waals surface area (Å²) in [6.07, 6.45) is 2.61. The summed E-state index contributed by atoms with van der Waals surface area (Å²) in [5.74, 6) is 0.582. The van der Waals surface area contributed by atoms with Crippen LogP contribution in [0.25, 0.3) is 21.7 Å². The molecule has 3 aromatic rings. The number of carbonyl (C=O) groups excluding carboxylic acids is 1. The van der Waals surface area contributed by atoms with Crippen LogP contribution in [0.3, 0.4) is 0 Å². The molecule has 4 nitrogen and oxygen atoms in total. The third kappa shape index (κ3) is 3.67. The number of hydrogen-bond acceptors (Lipinski definition) is 3. The fourth-order valence-electron chi connectivity index (χ4n) is 2.73. The summed E-state index contributed by atoms with van der Waals surface area (Å²) < 4.78 is 17.1. The van der Waals surface area contributed by atoms with E-state index in [1.807, 2.05) is 37.3 Å². The van der Waals surface area contributed by atoms with Crippen molar-refractivity contribution in [1.29, 1.82) is 0 Å². The van der Waals surface area contributed by atoms with E-state index >= 15 is 0 Å². The van der Waals surface area contributed by atoms with Crippen LogP contribution in [-0.4, -0.2) is 28.2 Å². The SMILES string of the molecule is C[C@H](CCNC(=O)Cc1cc2c(ccc3ccccc32)o1)[S@](C)=O. The summed E-state index contributed by atoms with van der Waals surface area (Å²) in [6.45, 7) is 2.45. The fourth-order valence-corrected chi connectivity index (χ4v) is 3.18. The summed E-state index contributed by atoms with van der Waals surface area (Å²) in [5, 5.41) is 6.27. The van der Waals surface area contributed by atoms with Gasteiger partial charge in [-0.1, -0.05) is 37.3 Å². The lowest BCUT2D eigenvalue weighted by Gasteiger charge is -2.08. The van der Waals surface area contributed by atoms with Gasteiger partial charge in [0, 0.05) is 34.2 Å². The molecule has 0 fully saturated rings. The van der Waals surface area contributed by atoms with Crippen molar-refractivity contribution in [3.8, 4) is 0 Å². The summed E-state index contributed by atoms with van der Waals surface area (Å²) in [6, 6.07) is 14.0. The smallest absolute Gasteiger partial charge is 0.227 e. The van der Waals surface area contributed by atoms with Gasteiger partial charge in [0.25, 0.3) is 0 Å². The van der Waals surface area contributed by atoms with Crippen LogP contribution in [0.1, 0.15) is 19.1 Å². The Balaban J connectivity index is 1.68. The molecule has 0 aliphatic rings. The average Bonchev–Trinajstić information content (AvgIpc) is 2.97. The van der Waals surface area contributed by atoms with Gasteiger partial charge in [0.15, 0.2) is 0 Å². The number of carbonyl (C=O) groups is 1. The van der Waals surface area contributed by atoms with Gasteiger partial charge in [0.1, 0.15) is 11.3 Å². The zero-order valence-electron chi connectivity index (χ0n) is 13.9. The highest BCUT2D eigenvalue weighted by atomic mass is 32.2. The van der Waals surface area contributed by atoms with E-state index in [2.05, 4.69) is 17.4 Å². The maximum atomic E-state index is 12.1. The molecular weight excluding hydrogens is 322 g/mol. The molecule has 0 unspecified atom stereocenters. The van der Waals surface area contributed by atoms with E-state index < -0.39 is 10.8 Å². The largest absolute Gasteiger partial charge is 0.461 e. The maximum absolute atomic E-state index is 12.1. The number of rotatable bonds is 6. The van der Waals surface area contributed by atoms with Crippen LogP contribution < -0.4 is 5.32 Å². The second kappa shape index (κ2) is 7.18. The summed E-state index contributed by atoms with van der Waals surface area (Å²) in [7, 11) is -0.857. The molecule has 0 saturated heterocycles. The number of furan rings is 1. The molecule has 5 heteroatoms. The zero-order valence-corrected chi connectivity index (χ0v) is 14.7. The average molecular weight is 343 g/mol. The van der Waals surface area contributed by atoms with Crippen LogP contribution in [0.4, 0.5) is 0 Å². The minimum atomic E-state index is -0.857. The van der Waals surface area contributed by atoms with Gasteiger partial charge in [0.2, 0.25) is 5.91 Å². The number of amides is 1. The Labute approximate surface area is 143 Å². The van der Waals surface area contributed by atoms with Gasteiger partial charge < -0.3 is 9.73 Å². The van der Waals surface area contributed by atoms with E-state index in [0.29, 0.717) is 18.7 Å². The molecular formula is C19H21NO3S. The predicted molar refractivity (Wildman–Crippen MR) is 98.6 cm³/mol. The van der Waals surface area contributed by atoms with Crippen LogP contribution in [0.5, 0.6) is 0 Å². The van der Waals surface area contributed by atoms with Crippen molar-refractivity contribution in [2.24, 2.45) is 0 Å². The Morgan fingerprint density at radius 3 is 2.79 bits per heavy atom. The lowest BCUT2D eigenvalue weighted by molar-refractivity contribution is -0.120. The molecule has 1 amide bonds. The number of hydrogen-bond donors (Lipinski definition) is 1. The molecule has 2 atom stereocenters. The Bertz CT molecular complexity index is 900. The highest BCUT2D eigenvalue weighted by Gasteiger charge is 2.12. The third-order valence-corrected chi connectivity index (χ3v) is 5.62. The normalized spacial score (nSPS) is 13.9. The first-order valence-electron chi connectivity index (χ1n) is 8.03. The fraction of sp³-hybridized carbons (Fsp3) is 0.316. The van der Waals surface area contributed by atoms with E-state index in [-0.39, 0.29) is 17.6 Å². The maximum Gasteiger partial charge on any atom is 0.227 e. The Kier molecular flexibility index (Phi) is 5.00. The second-order valence-corrected chi connectivity index (χ2v) is 7.84. The molecule has 0 aliphatic heterocycles. The Morgan fingerprint density at radius 1 is 1.21 bits per heavy atom. The summed E-state index contributed by atoms with van der Waals surface area (Å²) in [4.78, 5) is 12.1. The molecule has 0 bridgehead atoms. The third-order valence-electron chi connectivity index (χ3n) is 4.25. The van der Waals surface area contributed by atoms with Crippen molar-refractivity contribution in [2.75, 3.05) is 12.8 Å². The van der Waals surface area contributed by atoms with E-state index in [0.717, 1.165) is 21.7 Å². The number of benzene rings is 2. The van der Waals surface area contributed by atoms with Crippen LogP contribution in [0, 0.1) is 0 Å². The molecule has 126 valence electrons. The van der Waals surface area contributed by atoms with Gasteiger partial charge in [0.05, 0.1) is 6.42 Å². The molecule has 0 aliphatic carbocycles. The molecule has 0 saturated carbocycles. The first-order valence-corrected chi connectivity index (χ1v) is 9.66. The van der Waals surface area contributed by atoms with Crippen LogP contribution in [0.15, 0.2) is 46.9 Å². The van der Waals surface area contributed by atoms with E-state index in [9.17, 15) is 9.00 Å². The molecule has 2 aromatic carbocycles. The number of nitrogens with one attached hydrogen (secondary N) is 1. The van der Waals surface area contributed by atoms with E-state index in [4.69, 9.17) is 4.42 Å². The minimum Gasteiger partial charge on any atom is -0.461 e. The van der Waals surface area contributed by atoms with E-state index in [1.54, 1.807) is 6.26 Å². The summed E-state index contributed by atoms with van der Waals surface area (Å²) >= 11 is 0. The van der Waals surface area contributed by atoms with Crippen LogP contribution in [-0.2, 0) is 22.0 Å². The van der Waals surface area contributed by atoms with Crippen LogP contribution in [0.2, 0.25) is 0 Å². The molecule has 1 aromatic heterocycles. The van der Waals surface area contributed by atoms with Crippen molar-refractivity contribution in [3.05, 3.63) is 48.2 Å². The van der Waals surface area contributed by atoms with E-state index in [1.165, 1.54) is 0 Å². The molecule has 0 spiro atoms. The first kappa shape index (κ1) is 16.7. The molecule has 1 N–H and O–H groups in total. The molecule has 1 heterocycles. The van der Waals surface area contributed by atoms with Gasteiger partial charge >= 0.3 is 0 Å². The summed E-state index contributed by atoms with van der Waals surface area (Å²) in [5.41, 5.74) is 0.798. The van der Waals surface area contributed by atoms with Crippen molar-refractivity contribution >= 4 is 38.4 Å². The lowest BCUT2D eigenvalue weighted by Crippen LogP contribution is -2.28. The van der Waals surface area contributed by atoms with Gasteiger partial charge in [-0.3, -0.25) is 9.00 Å². The first-order chi connectivity index (χ1) is 11.5. The molecule has 3 rings (SSSR count). The highest BCUT2D eigenvalue weighted by Crippen LogP contribution is 2.28. The predicted octanol–water partition coefficient (Wildman–Crippen LogP) is 3.40. The Hall–Kier alpha value is -2.14. The standard InChI is InChI=1S/C19H21NO3S/c1-13(24(2)22)9-10-20-19(21)12-15-11-17-16-6-4-3-5-14(16)7-8-18(17)23-15/h3-8,11,13H,9-10,12H2,1-2H3,(H,20,21)/t13-,24+/m1/s1. The quantitative estimate of drug-likeness (QED) is 0.746. The highest BCUT2D eigenvalue weighted by molar-refractivity contribution is 7.84. The van der Waals surface area contributed by atoms with Crippen molar-refractivity contribution in [1.82, 2.24) is 5.32 Å². The molecule has 24 heavy (non-hydrogen) atoms. The van der Waals surface area contributed by atoms with Crippen molar-refractivity contribution in [2.45, 2.75) is 25.0 Å². The minimum absolute atomic E-state index is 0.0764. The van der Waals surface area contributed by atoms with Gasteiger partial charge in [-0.2, -0.15) is 0 Å². The molecule has 0 radical (unpaired) electrons. The zero-order chi connectivity index (χ0) is 17.1. The van der Waals surface area contributed by atoms with Crippen molar-refractivity contribution < 1.29 is 13.4 Å². The van der Waals surface area contributed by atoms with Crippen LogP contribution >= 0.6 is 0 Å². The van der Waals surface area contributed by atoms with Crippen molar-refractivity contribution in [3.63, 3.8) is 0 Å². The monoisotopic (exact) mass is 343 g/mol. The Morgan fingerprint density at radius 2 is 2.00 bits per heavy atom. The van der Waals surface area contributed by atoms with Gasteiger partial charge in [-0.05, 0) is 29.3 Å². The van der Waals surface area contributed by atoms with Gasteiger partial charge in [-0.25, -0.2) is 0 Å². The number of fused-ring (bicyclic) bond motifs is 3.